The molecule has 3 heterocycles. The minimum atomic E-state index is 0.669. The number of hydrogen-bond acceptors (Lipinski definition) is 5. The van der Waals surface area contributed by atoms with Gasteiger partial charge in [0.25, 0.3) is 0 Å². The van der Waals surface area contributed by atoms with Gasteiger partial charge in [0.1, 0.15) is 11.5 Å². The van der Waals surface area contributed by atoms with E-state index >= 15 is 0 Å². The fourth-order valence-electron chi connectivity index (χ4n) is 3.39. The Morgan fingerprint density at radius 2 is 1.56 bits per heavy atom. The van der Waals surface area contributed by atoms with Crippen molar-refractivity contribution in [2.24, 2.45) is 0 Å². The number of nitrogens with zero attached hydrogens (tertiary/aromatic N) is 3. The average molecular weight is 438 g/mol. The number of hydrogen-bond donors (Lipinski definition) is 1. The predicted molar refractivity (Wildman–Crippen MR) is 134 cm³/mol. The van der Waals surface area contributed by atoms with Crippen molar-refractivity contribution in [1.29, 1.82) is 0 Å². The topological polar surface area (TPSA) is 59.9 Å². The summed E-state index contributed by atoms with van der Waals surface area (Å²) in [6, 6.07) is 21.0. The third-order valence-electron chi connectivity index (χ3n) is 5.05. The van der Waals surface area contributed by atoms with Gasteiger partial charge in [-0.25, -0.2) is 0 Å². The Morgan fingerprint density at radius 3 is 2.32 bits per heavy atom. The van der Waals surface area contributed by atoms with Crippen LogP contribution in [0.15, 0.2) is 97.7 Å². The quantitative estimate of drug-likeness (QED) is 0.352. The first-order chi connectivity index (χ1) is 16.8. The van der Waals surface area contributed by atoms with Crippen LogP contribution < -0.4 is 10.1 Å². The summed E-state index contributed by atoms with van der Waals surface area (Å²) in [5, 5.41) is 4.35. The average Bonchev–Trinajstić information content (AvgIpc) is 2.90. The normalized spacial score (nSPS) is 10.1. The van der Waals surface area contributed by atoms with E-state index in [4.69, 9.17) is 11.2 Å². The van der Waals surface area contributed by atoms with Gasteiger partial charge in [0, 0.05) is 53.2 Å². The smallest absolute Gasteiger partial charge is 0.130 e. The van der Waals surface area contributed by atoms with Crippen molar-refractivity contribution in [3.8, 4) is 35.7 Å². The predicted octanol–water partition coefficient (Wildman–Crippen LogP) is 5.94. The molecule has 0 aliphatic carbocycles. The maximum Gasteiger partial charge on any atom is 0.130 e. The fraction of sp³-hybridized carbons (Fsp3) is 0. The molecule has 5 rings (SSSR count). The summed E-state index contributed by atoms with van der Waals surface area (Å²) < 4.78 is 5.85. The van der Waals surface area contributed by atoms with Crippen LogP contribution >= 0.6 is 0 Å². The van der Waals surface area contributed by atoms with E-state index in [0.717, 1.165) is 44.9 Å². The largest absolute Gasteiger partial charge is 0.457 e. The van der Waals surface area contributed by atoms with Crippen LogP contribution in [0.2, 0.25) is 0 Å². The molecule has 0 spiro atoms. The highest BCUT2D eigenvalue weighted by Gasteiger charge is 2.09. The Kier molecular flexibility index (Phi) is 5.84. The number of ether oxygens (including phenoxy) is 1. The van der Waals surface area contributed by atoms with Crippen molar-refractivity contribution in [2.45, 2.75) is 0 Å². The van der Waals surface area contributed by atoms with Gasteiger partial charge in [-0.3, -0.25) is 15.0 Å². The molecule has 5 aromatic rings. The van der Waals surface area contributed by atoms with E-state index in [1.807, 2.05) is 66.7 Å². The highest BCUT2D eigenvalue weighted by molar-refractivity contribution is 5.96. The van der Waals surface area contributed by atoms with Gasteiger partial charge in [0.15, 0.2) is 0 Å². The van der Waals surface area contributed by atoms with E-state index in [1.54, 1.807) is 31.0 Å². The Hall–Kier alpha value is -5.13. The Balaban J connectivity index is 1.46. The molecule has 0 atom stereocenters. The number of anilines is 2. The van der Waals surface area contributed by atoms with Crippen LogP contribution in [-0.2, 0) is 0 Å². The summed E-state index contributed by atoms with van der Waals surface area (Å²) in [6.07, 6.45) is 14.3. The van der Waals surface area contributed by atoms with Crippen molar-refractivity contribution in [2.75, 3.05) is 5.32 Å². The van der Waals surface area contributed by atoms with Gasteiger partial charge < -0.3 is 10.1 Å². The number of nitrogens with one attached hydrogen (secondary N) is 1. The lowest BCUT2D eigenvalue weighted by Crippen LogP contribution is -1.97. The molecule has 0 amide bonds. The van der Waals surface area contributed by atoms with E-state index in [2.05, 4.69) is 38.0 Å². The number of fused-ring (bicyclic) bond motifs is 1. The number of pyridine rings is 3. The molecule has 0 unspecified atom stereocenters. The van der Waals surface area contributed by atoms with Crippen LogP contribution in [0.4, 0.5) is 11.4 Å². The van der Waals surface area contributed by atoms with Gasteiger partial charge in [-0.15, -0.1) is 6.42 Å². The van der Waals surface area contributed by atoms with E-state index < -0.39 is 0 Å². The van der Waals surface area contributed by atoms with Gasteiger partial charge in [-0.1, -0.05) is 17.8 Å². The van der Waals surface area contributed by atoms with Crippen molar-refractivity contribution < 1.29 is 4.74 Å². The Labute approximate surface area is 197 Å². The molecule has 0 aliphatic heterocycles. The summed E-state index contributed by atoms with van der Waals surface area (Å²) in [5.74, 6) is 10.5. The van der Waals surface area contributed by atoms with Crippen LogP contribution in [0, 0.1) is 24.2 Å². The molecule has 0 saturated heterocycles. The molecule has 0 aliphatic rings. The number of aromatic nitrogens is 3. The van der Waals surface area contributed by atoms with Gasteiger partial charge in [0.2, 0.25) is 0 Å². The monoisotopic (exact) mass is 438 g/mol. The molecule has 0 fully saturated rings. The van der Waals surface area contributed by atoms with Gasteiger partial charge in [-0.05, 0) is 66.7 Å². The van der Waals surface area contributed by atoms with E-state index in [9.17, 15) is 0 Å². The minimum Gasteiger partial charge on any atom is -0.457 e. The van der Waals surface area contributed by atoms with Gasteiger partial charge >= 0.3 is 0 Å². The molecule has 5 heteroatoms. The van der Waals surface area contributed by atoms with Crippen LogP contribution in [-0.4, -0.2) is 15.0 Å². The second-order valence-corrected chi connectivity index (χ2v) is 7.35. The summed E-state index contributed by atoms with van der Waals surface area (Å²) >= 11 is 0. The molecular weight excluding hydrogens is 420 g/mol. The van der Waals surface area contributed by atoms with Crippen molar-refractivity contribution in [3.63, 3.8) is 0 Å². The lowest BCUT2D eigenvalue weighted by molar-refractivity contribution is 0.482. The summed E-state index contributed by atoms with van der Waals surface area (Å²) in [7, 11) is 0. The third-order valence-corrected chi connectivity index (χ3v) is 5.05. The maximum absolute atomic E-state index is 5.85. The zero-order chi connectivity index (χ0) is 23.2. The minimum absolute atomic E-state index is 0.669. The standard InChI is InChI=1S/C29H18N4O/c1-2-23-20-32-28-12-7-21(5-6-22-4-3-15-31-19-22)18-27(28)29(23)33-24-8-10-25(11-9-24)34-26-13-16-30-17-14-26/h1,3-4,7-20H,(H,32,33). The fourth-order valence-corrected chi connectivity index (χ4v) is 3.39. The molecule has 5 nitrogen and oxygen atoms in total. The van der Waals surface area contributed by atoms with Crippen molar-refractivity contribution in [3.05, 3.63) is 114 Å². The summed E-state index contributed by atoms with van der Waals surface area (Å²) in [4.78, 5) is 12.6. The first-order valence-corrected chi connectivity index (χ1v) is 10.5. The molecule has 0 saturated carbocycles. The van der Waals surface area contributed by atoms with Crippen LogP contribution in [0.5, 0.6) is 11.5 Å². The summed E-state index contributed by atoms with van der Waals surface area (Å²) in [6.45, 7) is 0. The second kappa shape index (κ2) is 9.56. The third kappa shape index (κ3) is 4.70. The lowest BCUT2D eigenvalue weighted by atomic mass is 10.1. The Bertz CT molecular complexity index is 1550. The van der Waals surface area contributed by atoms with E-state index in [1.165, 1.54) is 0 Å². The lowest BCUT2D eigenvalue weighted by Gasteiger charge is -2.13. The SMILES string of the molecule is C#Cc1cnc2ccc(C#Cc3cccnc3)cc2c1Nc1ccc(Oc2ccncc2)cc1. The van der Waals surface area contributed by atoms with E-state index in [-0.39, 0.29) is 0 Å². The highest BCUT2D eigenvalue weighted by Crippen LogP contribution is 2.31. The molecule has 0 bridgehead atoms. The molecule has 2 aromatic carbocycles. The number of rotatable bonds is 4. The highest BCUT2D eigenvalue weighted by atomic mass is 16.5. The molecule has 3 aromatic heterocycles. The van der Waals surface area contributed by atoms with Crippen LogP contribution in [0.25, 0.3) is 10.9 Å². The van der Waals surface area contributed by atoms with Crippen LogP contribution in [0.1, 0.15) is 16.7 Å². The van der Waals surface area contributed by atoms with Gasteiger partial charge in [-0.2, -0.15) is 0 Å². The molecular formula is C29H18N4O. The molecule has 1 N–H and O–H groups in total. The number of benzene rings is 2. The summed E-state index contributed by atoms with van der Waals surface area (Å²) in [5.41, 5.74) is 4.88. The van der Waals surface area contributed by atoms with Crippen molar-refractivity contribution >= 4 is 22.3 Å². The number of terminal acetylenes is 1. The second-order valence-electron chi connectivity index (χ2n) is 7.35. The maximum atomic E-state index is 5.85. The zero-order valence-corrected chi connectivity index (χ0v) is 18.1. The van der Waals surface area contributed by atoms with Crippen molar-refractivity contribution in [1.82, 2.24) is 15.0 Å². The zero-order valence-electron chi connectivity index (χ0n) is 18.1. The molecule has 160 valence electrons. The van der Waals surface area contributed by atoms with Crippen LogP contribution in [0.3, 0.4) is 0 Å². The Morgan fingerprint density at radius 1 is 0.765 bits per heavy atom. The van der Waals surface area contributed by atoms with Gasteiger partial charge in [0.05, 0.1) is 16.8 Å². The molecule has 34 heavy (non-hydrogen) atoms. The molecule has 0 radical (unpaired) electrons. The first-order valence-electron chi connectivity index (χ1n) is 10.5. The van der Waals surface area contributed by atoms with E-state index in [0.29, 0.717) is 5.56 Å². The first kappa shape index (κ1) is 20.8.